The quantitative estimate of drug-likeness (QED) is 0.944. The molecule has 0 saturated carbocycles. The largest absolute Gasteiger partial charge is 0.444 e. The molecule has 0 aliphatic heterocycles. The first-order valence-electron chi connectivity index (χ1n) is 5.24. The molecule has 0 radical (unpaired) electrons. The summed E-state index contributed by atoms with van der Waals surface area (Å²) in [6.45, 7) is 2.52. The first-order chi connectivity index (χ1) is 8.15. The van der Waals surface area contributed by atoms with E-state index in [4.69, 9.17) is 4.42 Å². The monoisotopic (exact) mass is 293 g/mol. The Kier molecular flexibility index (Phi) is 3.64. The van der Waals surface area contributed by atoms with E-state index < -0.39 is 0 Å². The highest BCUT2D eigenvalue weighted by atomic mass is 79.9. The Bertz CT molecular complexity index is 534. The lowest BCUT2D eigenvalue weighted by molar-refractivity contribution is 0.0922. The summed E-state index contributed by atoms with van der Waals surface area (Å²) in [5, 5.41) is 2.80. The van der Waals surface area contributed by atoms with Crippen LogP contribution in [0.4, 0.5) is 0 Å². The van der Waals surface area contributed by atoms with Crippen molar-refractivity contribution in [2.75, 3.05) is 0 Å². The van der Waals surface area contributed by atoms with Crippen molar-refractivity contribution in [1.82, 2.24) is 5.32 Å². The second kappa shape index (κ2) is 5.19. The molecule has 0 bridgehead atoms. The van der Waals surface area contributed by atoms with E-state index in [1.165, 1.54) is 5.56 Å². The third-order valence-electron chi connectivity index (χ3n) is 2.33. The Morgan fingerprint density at radius 1 is 1.35 bits per heavy atom. The summed E-state index contributed by atoms with van der Waals surface area (Å²) in [4.78, 5) is 11.7. The third-order valence-corrected chi connectivity index (χ3v) is 2.76. The normalized spacial score (nSPS) is 10.2. The second-order valence-electron chi connectivity index (χ2n) is 3.78. The number of nitrogens with one attached hydrogen (secondary N) is 1. The van der Waals surface area contributed by atoms with E-state index in [2.05, 4.69) is 21.2 Å². The highest BCUT2D eigenvalue weighted by Gasteiger charge is 2.09. The maximum absolute atomic E-state index is 11.7. The lowest BCUT2D eigenvalue weighted by Crippen LogP contribution is -2.22. The minimum Gasteiger partial charge on any atom is -0.444 e. The van der Waals surface area contributed by atoms with Gasteiger partial charge in [-0.1, -0.05) is 29.8 Å². The topological polar surface area (TPSA) is 42.2 Å². The van der Waals surface area contributed by atoms with E-state index in [-0.39, 0.29) is 5.91 Å². The number of rotatable bonds is 3. The predicted molar refractivity (Wildman–Crippen MR) is 68.8 cm³/mol. The summed E-state index contributed by atoms with van der Waals surface area (Å²) in [5.74, 6) is 0.0988. The number of hydrogen-bond acceptors (Lipinski definition) is 2. The van der Waals surface area contributed by atoms with E-state index in [0.717, 1.165) is 5.56 Å². The van der Waals surface area contributed by atoms with Crippen LogP contribution in [-0.4, -0.2) is 5.91 Å². The van der Waals surface area contributed by atoms with Crippen LogP contribution in [0.2, 0.25) is 0 Å². The van der Waals surface area contributed by atoms with E-state index >= 15 is 0 Å². The molecule has 88 valence electrons. The van der Waals surface area contributed by atoms with Gasteiger partial charge in [0.15, 0.2) is 10.4 Å². The molecule has 0 saturated heterocycles. The molecular weight excluding hydrogens is 282 g/mol. The van der Waals surface area contributed by atoms with E-state index in [1.54, 1.807) is 12.1 Å². The lowest BCUT2D eigenvalue weighted by Gasteiger charge is -2.04. The number of amides is 1. The molecule has 1 amide bonds. The zero-order valence-corrected chi connectivity index (χ0v) is 11.0. The van der Waals surface area contributed by atoms with Gasteiger partial charge in [0.05, 0.1) is 0 Å². The van der Waals surface area contributed by atoms with Crippen molar-refractivity contribution in [3.8, 4) is 0 Å². The van der Waals surface area contributed by atoms with Gasteiger partial charge in [0, 0.05) is 6.54 Å². The molecule has 0 spiro atoms. The van der Waals surface area contributed by atoms with Crippen LogP contribution >= 0.6 is 15.9 Å². The van der Waals surface area contributed by atoms with Gasteiger partial charge in [-0.05, 0) is 40.5 Å². The van der Waals surface area contributed by atoms with Gasteiger partial charge in [-0.15, -0.1) is 0 Å². The van der Waals surface area contributed by atoms with E-state index in [1.807, 2.05) is 31.2 Å². The van der Waals surface area contributed by atoms with Crippen LogP contribution < -0.4 is 5.32 Å². The molecule has 0 fully saturated rings. The van der Waals surface area contributed by atoms with Crippen molar-refractivity contribution >= 4 is 21.8 Å². The number of hydrogen-bond donors (Lipinski definition) is 1. The third kappa shape index (κ3) is 3.20. The van der Waals surface area contributed by atoms with E-state index in [0.29, 0.717) is 17.0 Å². The van der Waals surface area contributed by atoms with Crippen molar-refractivity contribution in [2.24, 2.45) is 0 Å². The summed E-state index contributed by atoms with van der Waals surface area (Å²) in [5.41, 5.74) is 2.25. The Morgan fingerprint density at radius 2 is 2.18 bits per heavy atom. The fourth-order valence-electron chi connectivity index (χ4n) is 1.53. The SMILES string of the molecule is Cc1cccc(CNC(=O)c2ccc(Br)o2)c1. The van der Waals surface area contributed by atoms with Crippen LogP contribution in [0.1, 0.15) is 21.7 Å². The summed E-state index contributed by atoms with van der Waals surface area (Å²) in [7, 11) is 0. The molecule has 0 aliphatic carbocycles. The Balaban J connectivity index is 1.97. The van der Waals surface area contributed by atoms with Gasteiger partial charge < -0.3 is 9.73 Å². The number of halogens is 1. The fraction of sp³-hybridized carbons (Fsp3) is 0.154. The van der Waals surface area contributed by atoms with E-state index in [9.17, 15) is 4.79 Å². The van der Waals surface area contributed by atoms with Crippen LogP contribution in [0.5, 0.6) is 0 Å². The zero-order valence-electron chi connectivity index (χ0n) is 9.37. The van der Waals surface area contributed by atoms with Crippen LogP contribution in [0.25, 0.3) is 0 Å². The van der Waals surface area contributed by atoms with Gasteiger partial charge >= 0.3 is 0 Å². The van der Waals surface area contributed by atoms with Crippen LogP contribution in [-0.2, 0) is 6.54 Å². The molecule has 3 nitrogen and oxygen atoms in total. The Hall–Kier alpha value is -1.55. The molecule has 2 rings (SSSR count). The van der Waals surface area contributed by atoms with Crippen molar-refractivity contribution in [3.05, 3.63) is 58.0 Å². The van der Waals surface area contributed by atoms with Crippen LogP contribution in [0, 0.1) is 6.92 Å². The molecule has 0 aliphatic rings. The average Bonchev–Trinajstić information content (AvgIpc) is 2.73. The summed E-state index contributed by atoms with van der Waals surface area (Å²) in [6, 6.07) is 11.3. The van der Waals surface area contributed by atoms with Gasteiger partial charge in [-0.3, -0.25) is 4.79 Å². The molecular formula is C13H12BrNO2. The van der Waals surface area contributed by atoms with Crippen LogP contribution in [0.3, 0.4) is 0 Å². The first kappa shape index (κ1) is 11.9. The predicted octanol–water partition coefficient (Wildman–Crippen LogP) is 3.28. The highest BCUT2D eigenvalue weighted by Crippen LogP contribution is 2.14. The maximum Gasteiger partial charge on any atom is 0.287 e. The minimum absolute atomic E-state index is 0.211. The average molecular weight is 294 g/mol. The van der Waals surface area contributed by atoms with Crippen molar-refractivity contribution in [1.29, 1.82) is 0 Å². The van der Waals surface area contributed by atoms with Crippen molar-refractivity contribution < 1.29 is 9.21 Å². The molecule has 0 unspecified atom stereocenters. The summed E-state index contributed by atoms with van der Waals surface area (Å²) < 4.78 is 5.72. The van der Waals surface area contributed by atoms with Gasteiger partial charge in [0.2, 0.25) is 0 Å². The molecule has 17 heavy (non-hydrogen) atoms. The Morgan fingerprint density at radius 3 is 2.82 bits per heavy atom. The number of furan rings is 1. The highest BCUT2D eigenvalue weighted by molar-refractivity contribution is 9.10. The smallest absolute Gasteiger partial charge is 0.287 e. The molecule has 0 atom stereocenters. The second-order valence-corrected chi connectivity index (χ2v) is 4.56. The van der Waals surface area contributed by atoms with Gasteiger partial charge in [-0.25, -0.2) is 0 Å². The van der Waals surface area contributed by atoms with Gasteiger partial charge in [0.1, 0.15) is 0 Å². The molecule has 4 heteroatoms. The zero-order chi connectivity index (χ0) is 12.3. The van der Waals surface area contributed by atoms with Gasteiger partial charge in [0.25, 0.3) is 5.91 Å². The van der Waals surface area contributed by atoms with Crippen molar-refractivity contribution in [3.63, 3.8) is 0 Å². The maximum atomic E-state index is 11.7. The molecule has 1 aromatic heterocycles. The minimum atomic E-state index is -0.211. The number of carbonyl (C=O) groups excluding carboxylic acids is 1. The van der Waals surface area contributed by atoms with Gasteiger partial charge in [-0.2, -0.15) is 0 Å². The molecule has 1 N–H and O–H groups in total. The van der Waals surface area contributed by atoms with Crippen molar-refractivity contribution in [2.45, 2.75) is 13.5 Å². The summed E-state index contributed by atoms with van der Waals surface area (Å²) in [6.07, 6.45) is 0. The Labute approximate surface area is 108 Å². The molecule has 1 heterocycles. The van der Waals surface area contributed by atoms with Crippen LogP contribution in [0.15, 0.2) is 45.5 Å². The summed E-state index contributed by atoms with van der Waals surface area (Å²) >= 11 is 3.16. The fourth-order valence-corrected chi connectivity index (χ4v) is 1.83. The number of carbonyl (C=O) groups is 1. The number of aryl methyl sites for hydroxylation is 1. The lowest BCUT2D eigenvalue weighted by atomic mass is 10.1. The number of benzene rings is 1. The molecule has 1 aromatic carbocycles. The standard InChI is InChI=1S/C13H12BrNO2/c1-9-3-2-4-10(7-9)8-15-13(16)11-5-6-12(14)17-11/h2-7H,8H2,1H3,(H,15,16). The molecule has 2 aromatic rings. The first-order valence-corrected chi connectivity index (χ1v) is 6.03.